The van der Waals surface area contributed by atoms with Gasteiger partial charge in [-0.15, -0.1) is 0 Å². The Morgan fingerprint density at radius 2 is 0.679 bits per heavy atom. The topological polar surface area (TPSA) is 63.0 Å². The molecule has 0 aromatic heterocycles. The summed E-state index contributed by atoms with van der Waals surface area (Å²) in [4.78, 5) is 4.49. The van der Waals surface area contributed by atoms with Crippen LogP contribution in [0.1, 0.15) is 0 Å². The lowest BCUT2D eigenvalue weighted by atomic mass is 10.0. The largest absolute Gasteiger partial charge is 0.457 e. The van der Waals surface area contributed by atoms with Crippen LogP contribution in [0.4, 0.5) is 45.5 Å². The maximum absolute atomic E-state index is 6.14. The number of hydrogen-bond donors (Lipinski definition) is 2. The molecule has 0 heterocycles. The van der Waals surface area contributed by atoms with Gasteiger partial charge in [0.15, 0.2) is 0 Å². The van der Waals surface area contributed by atoms with E-state index in [0.29, 0.717) is 5.69 Å². The molecule has 0 radical (unpaired) electrons. The van der Waals surface area contributed by atoms with Crippen molar-refractivity contribution in [2.75, 3.05) is 20.9 Å². The first-order valence-electron chi connectivity index (χ1n) is 18.4. The molecule has 8 aromatic rings. The molecule has 3 N–H and O–H groups in total. The van der Waals surface area contributed by atoms with Crippen molar-refractivity contribution in [1.82, 2.24) is 0 Å². The highest BCUT2D eigenvalue weighted by Gasteiger charge is 2.15. The summed E-state index contributed by atoms with van der Waals surface area (Å²) < 4.78 is 12.2. The first kappa shape index (κ1) is 35.3. The number of rotatable bonds is 13. The second-order valence-electron chi connectivity index (χ2n) is 13.1. The van der Waals surface area contributed by atoms with Crippen LogP contribution in [0.5, 0.6) is 23.0 Å². The summed E-state index contributed by atoms with van der Waals surface area (Å²) in [7, 11) is 0. The van der Waals surface area contributed by atoms with Gasteiger partial charge in [0.2, 0.25) is 0 Å². The van der Waals surface area contributed by atoms with Crippen molar-refractivity contribution in [3.8, 4) is 34.1 Å². The summed E-state index contributed by atoms with van der Waals surface area (Å²) in [6, 6.07) is 69.6. The minimum Gasteiger partial charge on any atom is -0.457 e. The van der Waals surface area contributed by atoms with Crippen LogP contribution in [0.15, 0.2) is 219 Å². The van der Waals surface area contributed by atoms with Crippen LogP contribution < -0.4 is 30.3 Å². The lowest BCUT2D eigenvalue weighted by Crippen LogP contribution is -2.10. The molecular formula is C50H40N4O2. The van der Waals surface area contributed by atoms with E-state index >= 15 is 0 Å². The van der Waals surface area contributed by atoms with Gasteiger partial charge in [-0.2, -0.15) is 0 Å². The average molecular weight is 729 g/mol. The SMILES string of the molecule is C=CNc1ccc(Oc2ccc(N(c3ccccc3)c3ccc(-c4ccc(N(c5ccccc5)c5ccc(Oc6ccc(N)cc6)cc5)cc4)cc3)cc2)cc1. The molecule has 0 spiro atoms. The van der Waals surface area contributed by atoms with Crippen molar-refractivity contribution in [2.45, 2.75) is 0 Å². The molecule has 0 aliphatic rings. The molecule has 56 heavy (non-hydrogen) atoms. The fraction of sp³-hybridized carbons (Fsp3) is 0. The second-order valence-corrected chi connectivity index (χ2v) is 13.1. The molecule has 0 fully saturated rings. The summed E-state index contributed by atoms with van der Waals surface area (Å²) >= 11 is 0. The molecule has 0 atom stereocenters. The number of nitrogens with two attached hydrogens (primary N) is 1. The number of hydrogen-bond acceptors (Lipinski definition) is 6. The summed E-state index contributed by atoms with van der Waals surface area (Å²) in [5.41, 5.74) is 16.0. The van der Waals surface area contributed by atoms with E-state index in [1.54, 1.807) is 6.20 Å². The van der Waals surface area contributed by atoms with Gasteiger partial charge in [0, 0.05) is 45.5 Å². The molecule has 272 valence electrons. The molecule has 0 bridgehead atoms. The van der Waals surface area contributed by atoms with Crippen molar-refractivity contribution in [1.29, 1.82) is 0 Å². The van der Waals surface area contributed by atoms with Crippen molar-refractivity contribution in [2.24, 2.45) is 0 Å². The molecule has 0 saturated heterocycles. The van der Waals surface area contributed by atoms with Crippen LogP contribution in [0, 0.1) is 0 Å². The van der Waals surface area contributed by atoms with Crippen LogP contribution in [-0.2, 0) is 0 Å². The molecule has 0 unspecified atom stereocenters. The van der Waals surface area contributed by atoms with Gasteiger partial charge in [0.05, 0.1) is 0 Å². The molecule has 0 aliphatic heterocycles. The number of nitrogens with one attached hydrogen (secondary N) is 1. The van der Waals surface area contributed by atoms with Crippen molar-refractivity contribution in [3.63, 3.8) is 0 Å². The first-order chi connectivity index (χ1) is 27.6. The van der Waals surface area contributed by atoms with E-state index in [4.69, 9.17) is 15.2 Å². The van der Waals surface area contributed by atoms with Crippen LogP contribution in [0.3, 0.4) is 0 Å². The number of para-hydroxylation sites is 2. The summed E-state index contributed by atoms with van der Waals surface area (Å²) in [6.07, 6.45) is 1.65. The zero-order valence-electron chi connectivity index (χ0n) is 30.7. The van der Waals surface area contributed by atoms with Crippen molar-refractivity contribution in [3.05, 3.63) is 219 Å². The lowest BCUT2D eigenvalue weighted by Gasteiger charge is -2.26. The molecule has 6 nitrogen and oxygen atoms in total. The molecule has 6 heteroatoms. The third kappa shape index (κ3) is 8.25. The number of ether oxygens (including phenoxy) is 2. The first-order valence-corrected chi connectivity index (χ1v) is 18.4. The van der Waals surface area contributed by atoms with E-state index < -0.39 is 0 Å². The number of benzene rings is 8. The summed E-state index contributed by atoms with van der Waals surface area (Å²) in [5, 5.41) is 3.08. The second kappa shape index (κ2) is 16.5. The number of anilines is 8. The minimum absolute atomic E-state index is 0.703. The predicted molar refractivity (Wildman–Crippen MR) is 233 cm³/mol. The van der Waals surface area contributed by atoms with Gasteiger partial charge >= 0.3 is 0 Å². The molecule has 0 amide bonds. The summed E-state index contributed by atoms with van der Waals surface area (Å²) in [6.45, 7) is 3.71. The maximum Gasteiger partial charge on any atom is 0.127 e. The Morgan fingerprint density at radius 1 is 0.375 bits per heavy atom. The van der Waals surface area contributed by atoms with Gasteiger partial charge in [-0.25, -0.2) is 0 Å². The Kier molecular flexibility index (Phi) is 10.4. The van der Waals surface area contributed by atoms with Crippen LogP contribution in [-0.4, -0.2) is 0 Å². The normalized spacial score (nSPS) is 10.6. The highest BCUT2D eigenvalue weighted by Crippen LogP contribution is 2.39. The Morgan fingerprint density at radius 3 is 1.04 bits per heavy atom. The standard InChI is InChI=1S/C50H40N4O2/c1-2-52-40-19-31-48(32-20-40)56-50-35-27-46(28-36-50)54(42-11-7-4-8-12-42)44-23-15-38(16-24-44)37-13-21-43(22-14-37)53(41-9-5-3-6-10-41)45-25-33-49(34-26-45)55-47-29-17-39(51)18-30-47/h2-36,52H,1,51H2. The quantitative estimate of drug-likeness (QED) is 0.115. The Balaban J connectivity index is 1.02. The number of nitrogen functional groups attached to an aromatic ring is 1. The van der Waals surface area contributed by atoms with E-state index in [1.165, 1.54) is 0 Å². The Hall–Kier alpha value is -7.70. The highest BCUT2D eigenvalue weighted by molar-refractivity contribution is 5.81. The van der Waals surface area contributed by atoms with E-state index in [2.05, 4.69) is 143 Å². The molecular weight excluding hydrogens is 689 g/mol. The van der Waals surface area contributed by atoms with Gasteiger partial charge in [0.1, 0.15) is 23.0 Å². The third-order valence-corrected chi connectivity index (χ3v) is 9.28. The fourth-order valence-corrected chi connectivity index (χ4v) is 6.53. The third-order valence-electron chi connectivity index (χ3n) is 9.28. The Bertz CT molecular complexity index is 2470. The number of nitrogens with zero attached hydrogens (tertiary/aromatic N) is 2. The van der Waals surface area contributed by atoms with Crippen LogP contribution in [0.25, 0.3) is 11.1 Å². The highest BCUT2D eigenvalue weighted by atomic mass is 16.5. The van der Waals surface area contributed by atoms with E-state index in [1.807, 2.05) is 84.9 Å². The average Bonchev–Trinajstić information content (AvgIpc) is 3.25. The van der Waals surface area contributed by atoms with Gasteiger partial charge < -0.3 is 30.3 Å². The van der Waals surface area contributed by atoms with E-state index in [-0.39, 0.29) is 0 Å². The van der Waals surface area contributed by atoms with E-state index in [9.17, 15) is 0 Å². The monoisotopic (exact) mass is 728 g/mol. The molecule has 8 aromatic carbocycles. The van der Waals surface area contributed by atoms with Crippen LogP contribution in [0.2, 0.25) is 0 Å². The Labute approximate surface area is 328 Å². The van der Waals surface area contributed by atoms with Crippen LogP contribution >= 0.6 is 0 Å². The minimum atomic E-state index is 0.703. The van der Waals surface area contributed by atoms with Crippen molar-refractivity contribution >= 4 is 45.5 Å². The zero-order valence-corrected chi connectivity index (χ0v) is 30.7. The van der Waals surface area contributed by atoms with E-state index in [0.717, 1.165) is 73.9 Å². The van der Waals surface area contributed by atoms with Gasteiger partial charge in [-0.1, -0.05) is 67.2 Å². The zero-order chi connectivity index (χ0) is 38.1. The molecule has 0 aliphatic carbocycles. The van der Waals surface area contributed by atoms with Gasteiger partial charge in [-0.05, 0) is 163 Å². The van der Waals surface area contributed by atoms with Gasteiger partial charge in [0.25, 0.3) is 0 Å². The fourth-order valence-electron chi connectivity index (χ4n) is 6.53. The van der Waals surface area contributed by atoms with Crippen molar-refractivity contribution < 1.29 is 9.47 Å². The smallest absolute Gasteiger partial charge is 0.127 e. The maximum atomic E-state index is 6.14. The molecule has 8 rings (SSSR count). The summed E-state index contributed by atoms with van der Waals surface area (Å²) in [5.74, 6) is 3.01. The predicted octanol–water partition coefficient (Wildman–Crippen LogP) is 14.0. The molecule has 0 saturated carbocycles. The van der Waals surface area contributed by atoms with Gasteiger partial charge in [-0.3, -0.25) is 0 Å². The lowest BCUT2D eigenvalue weighted by molar-refractivity contribution is 0.482.